The average molecular weight is 226 g/mol. The van der Waals surface area contributed by atoms with Crippen LogP contribution in [0.4, 0.5) is 0 Å². The van der Waals surface area contributed by atoms with Gasteiger partial charge in [0.05, 0.1) is 16.6 Å². The fourth-order valence-electron chi connectivity index (χ4n) is 2.05. The van der Waals surface area contributed by atoms with Gasteiger partial charge < -0.3 is 10.4 Å². The number of aromatic nitrogens is 1. The molecule has 5 heteroatoms. The van der Waals surface area contributed by atoms with Crippen LogP contribution in [-0.4, -0.2) is 29.1 Å². The molecule has 1 aliphatic heterocycles. The van der Waals surface area contributed by atoms with Crippen LogP contribution in [0, 0.1) is 5.41 Å². The summed E-state index contributed by atoms with van der Waals surface area (Å²) < 4.78 is 0. The topological polar surface area (TPSA) is 62.2 Å². The van der Waals surface area contributed by atoms with Crippen LogP contribution in [0.5, 0.6) is 0 Å². The highest BCUT2D eigenvalue weighted by atomic mass is 32.1. The molecule has 0 saturated carbocycles. The van der Waals surface area contributed by atoms with Gasteiger partial charge in [0.2, 0.25) is 0 Å². The van der Waals surface area contributed by atoms with E-state index in [-0.39, 0.29) is 0 Å². The minimum atomic E-state index is -0.706. The zero-order valence-corrected chi connectivity index (χ0v) is 9.22. The smallest absolute Gasteiger partial charge is 0.311 e. The molecule has 1 fully saturated rings. The van der Waals surface area contributed by atoms with Crippen molar-refractivity contribution < 1.29 is 9.90 Å². The summed E-state index contributed by atoms with van der Waals surface area (Å²) in [6.45, 7) is 1.48. The number of nitrogens with one attached hydrogen (secondary N) is 1. The number of carboxylic acid groups (broad SMARTS) is 1. The van der Waals surface area contributed by atoms with Crippen molar-refractivity contribution in [3.63, 3.8) is 0 Å². The van der Waals surface area contributed by atoms with Gasteiger partial charge in [-0.3, -0.25) is 4.79 Å². The molecule has 0 radical (unpaired) electrons. The minimum Gasteiger partial charge on any atom is -0.481 e. The number of carbonyl (C=O) groups is 1. The molecule has 1 aliphatic rings. The third-order valence-electron chi connectivity index (χ3n) is 2.93. The number of piperidine rings is 1. The van der Waals surface area contributed by atoms with E-state index >= 15 is 0 Å². The van der Waals surface area contributed by atoms with Crippen LogP contribution in [0.25, 0.3) is 0 Å². The minimum absolute atomic E-state index is 0.541. The molecule has 0 amide bonds. The summed E-state index contributed by atoms with van der Waals surface area (Å²) in [5.41, 5.74) is 2.00. The number of rotatable bonds is 3. The Labute approximate surface area is 92.3 Å². The fourth-order valence-corrected chi connectivity index (χ4v) is 2.61. The Hall–Kier alpha value is -0.940. The first-order valence-corrected chi connectivity index (χ1v) is 5.98. The van der Waals surface area contributed by atoms with Crippen LogP contribution in [0.15, 0.2) is 10.9 Å². The monoisotopic (exact) mass is 226 g/mol. The molecule has 0 unspecified atom stereocenters. The van der Waals surface area contributed by atoms with Gasteiger partial charge in [-0.05, 0) is 19.4 Å². The summed E-state index contributed by atoms with van der Waals surface area (Å²) >= 11 is 1.51. The molecular formula is C10H14N2O2S. The third-order valence-corrected chi connectivity index (χ3v) is 3.56. The summed E-state index contributed by atoms with van der Waals surface area (Å²) in [7, 11) is 0. The molecule has 1 aromatic rings. The van der Waals surface area contributed by atoms with Crippen LogP contribution in [0.2, 0.25) is 0 Å². The molecule has 0 bridgehead atoms. The molecule has 2 N–H and O–H groups in total. The van der Waals surface area contributed by atoms with Gasteiger partial charge in [0, 0.05) is 18.3 Å². The molecule has 2 heterocycles. The Kier molecular flexibility index (Phi) is 3.02. The van der Waals surface area contributed by atoms with Gasteiger partial charge in [-0.15, -0.1) is 11.3 Å². The number of carboxylic acids is 1. The first-order valence-electron chi connectivity index (χ1n) is 5.04. The van der Waals surface area contributed by atoms with Crippen LogP contribution in [0.1, 0.15) is 18.5 Å². The van der Waals surface area contributed by atoms with Crippen molar-refractivity contribution in [1.82, 2.24) is 10.3 Å². The maximum atomic E-state index is 11.3. The van der Waals surface area contributed by atoms with Crippen molar-refractivity contribution >= 4 is 17.3 Å². The number of hydrogen-bond donors (Lipinski definition) is 2. The van der Waals surface area contributed by atoms with Crippen molar-refractivity contribution in [2.24, 2.45) is 5.41 Å². The Morgan fingerprint density at radius 1 is 1.73 bits per heavy atom. The second-order valence-corrected chi connectivity index (χ2v) is 4.74. The molecule has 82 valence electrons. The van der Waals surface area contributed by atoms with E-state index in [2.05, 4.69) is 10.3 Å². The average Bonchev–Trinajstić information content (AvgIpc) is 2.71. The molecule has 1 aromatic heterocycles. The van der Waals surface area contributed by atoms with Gasteiger partial charge in [-0.25, -0.2) is 4.98 Å². The molecule has 1 saturated heterocycles. The molecule has 4 nitrogen and oxygen atoms in total. The van der Waals surface area contributed by atoms with Crippen molar-refractivity contribution in [2.75, 3.05) is 13.1 Å². The SMILES string of the molecule is O=C(O)[C@]1(Cc2cscn2)CCCNC1. The van der Waals surface area contributed by atoms with E-state index in [1.54, 1.807) is 5.51 Å². The maximum absolute atomic E-state index is 11.3. The standard InChI is InChI=1S/C10H14N2O2S/c13-9(14)10(2-1-3-11-6-10)4-8-5-15-7-12-8/h5,7,11H,1-4,6H2,(H,13,14)/t10-/m0/s1. The highest BCUT2D eigenvalue weighted by Crippen LogP contribution is 2.30. The van der Waals surface area contributed by atoms with Gasteiger partial charge in [-0.1, -0.05) is 0 Å². The summed E-state index contributed by atoms with van der Waals surface area (Å²) in [5, 5.41) is 14.4. The third kappa shape index (κ3) is 2.18. The first-order chi connectivity index (χ1) is 7.23. The largest absolute Gasteiger partial charge is 0.481 e. The van der Waals surface area contributed by atoms with Crippen LogP contribution < -0.4 is 5.32 Å². The molecule has 15 heavy (non-hydrogen) atoms. The fraction of sp³-hybridized carbons (Fsp3) is 0.600. The normalized spacial score (nSPS) is 26.4. The lowest BCUT2D eigenvalue weighted by molar-refractivity contribution is -0.150. The number of thiazole rings is 1. The Bertz CT molecular complexity index is 331. The molecule has 0 spiro atoms. The van der Waals surface area contributed by atoms with Gasteiger partial charge in [0.1, 0.15) is 0 Å². The number of nitrogens with zero attached hydrogens (tertiary/aromatic N) is 1. The van der Waals surface area contributed by atoms with Gasteiger partial charge in [0.25, 0.3) is 0 Å². The van der Waals surface area contributed by atoms with Crippen LogP contribution in [0.3, 0.4) is 0 Å². The predicted octanol–water partition coefficient (Wildman–Crippen LogP) is 1.14. The van der Waals surface area contributed by atoms with Crippen molar-refractivity contribution in [3.8, 4) is 0 Å². The zero-order chi connectivity index (χ0) is 10.7. The van der Waals surface area contributed by atoms with Gasteiger partial charge in [0.15, 0.2) is 0 Å². The molecule has 0 aromatic carbocycles. The van der Waals surface area contributed by atoms with Crippen LogP contribution >= 0.6 is 11.3 Å². The lowest BCUT2D eigenvalue weighted by atomic mass is 9.77. The first kappa shape index (κ1) is 10.6. The van der Waals surface area contributed by atoms with E-state index in [1.165, 1.54) is 11.3 Å². The highest BCUT2D eigenvalue weighted by molar-refractivity contribution is 7.07. The van der Waals surface area contributed by atoms with E-state index in [0.717, 1.165) is 25.1 Å². The molecule has 1 atom stereocenters. The van der Waals surface area contributed by atoms with E-state index in [0.29, 0.717) is 13.0 Å². The van der Waals surface area contributed by atoms with Gasteiger partial charge in [-0.2, -0.15) is 0 Å². The summed E-state index contributed by atoms with van der Waals surface area (Å²) in [4.78, 5) is 15.5. The second kappa shape index (κ2) is 4.28. The summed E-state index contributed by atoms with van der Waals surface area (Å²) in [6, 6.07) is 0. The van der Waals surface area contributed by atoms with E-state index in [1.807, 2.05) is 5.38 Å². The van der Waals surface area contributed by atoms with Gasteiger partial charge >= 0.3 is 5.97 Å². The Balaban J connectivity index is 2.15. The van der Waals surface area contributed by atoms with Crippen molar-refractivity contribution in [1.29, 1.82) is 0 Å². The molecule has 2 rings (SSSR count). The van der Waals surface area contributed by atoms with Crippen molar-refractivity contribution in [3.05, 3.63) is 16.6 Å². The summed E-state index contributed by atoms with van der Waals surface area (Å²) in [6.07, 6.45) is 2.21. The molecular weight excluding hydrogens is 212 g/mol. The second-order valence-electron chi connectivity index (χ2n) is 4.02. The van der Waals surface area contributed by atoms with Crippen molar-refractivity contribution in [2.45, 2.75) is 19.3 Å². The highest BCUT2D eigenvalue weighted by Gasteiger charge is 2.40. The summed E-state index contributed by atoms with van der Waals surface area (Å²) in [5.74, 6) is -0.706. The van der Waals surface area contributed by atoms with E-state index < -0.39 is 11.4 Å². The zero-order valence-electron chi connectivity index (χ0n) is 8.40. The molecule has 0 aliphatic carbocycles. The number of aliphatic carboxylic acids is 1. The van der Waals surface area contributed by atoms with Crippen LogP contribution in [-0.2, 0) is 11.2 Å². The maximum Gasteiger partial charge on any atom is 0.311 e. The lowest BCUT2D eigenvalue weighted by Crippen LogP contribution is -2.47. The lowest BCUT2D eigenvalue weighted by Gasteiger charge is -2.33. The Morgan fingerprint density at radius 3 is 3.13 bits per heavy atom. The van der Waals surface area contributed by atoms with E-state index in [9.17, 15) is 9.90 Å². The number of hydrogen-bond acceptors (Lipinski definition) is 4. The Morgan fingerprint density at radius 2 is 2.60 bits per heavy atom. The quantitative estimate of drug-likeness (QED) is 0.811. The van der Waals surface area contributed by atoms with E-state index in [4.69, 9.17) is 0 Å². The predicted molar refractivity (Wildman–Crippen MR) is 58.0 cm³/mol.